The molecule has 2 fully saturated rings. The molecule has 0 aromatic heterocycles. The van der Waals surface area contributed by atoms with E-state index in [1.807, 2.05) is 6.92 Å². The first-order chi connectivity index (χ1) is 11.8. The fraction of sp³-hybridized carbons (Fsp3) is 0.882. The predicted octanol–water partition coefficient (Wildman–Crippen LogP) is 1.59. The van der Waals surface area contributed by atoms with Gasteiger partial charge in [-0.05, 0) is 44.9 Å². The third-order valence-electron chi connectivity index (χ3n) is 5.40. The molecule has 0 spiro atoms. The molecule has 0 unspecified atom stereocenters. The number of piperidine rings is 1. The van der Waals surface area contributed by atoms with Gasteiger partial charge in [0, 0.05) is 25.0 Å². The van der Waals surface area contributed by atoms with Crippen molar-refractivity contribution in [1.82, 2.24) is 9.62 Å². The number of sulfonamides is 1. The number of hydrogen-bond donors (Lipinski definition) is 2. The van der Waals surface area contributed by atoms with Crippen molar-refractivity contribution >= 4 is 21.9 Å². The summed E-state index contributed by atoms with van der Waals surface area (Å²) in [4.78, 5) is 23.4. The maximum absolute atomic E-state index is 12.4. The van der Waals surface area contributed by atoms with Gasteiger partial charge >= 0.3 is 5.97 Å². The van der Waals surface area contributed by atoms with Crippen LogP contribution in [0, 0.1) is 11.8 Å². The van der Waals surface area contributed by atoms with Gasteiger partial charge in [0.05, 0.1) is 11.7 Å². The number of carboxylic acids is 1. The van der Waals surface area contributed by atoms with Crippen LogP contribution in [0.3, 0.4) is 0 Å². The van der Waals surface area contributed by atoms with Gasteiger partial charge in [0.25, 0.3) is 0 Å². The van der Waals surface area contributed by atoms with E-state index in [-0.39, 0.29) is 29.5 Å². The smallest absolute Gasteiger partial charge is 0.306 e. The summed E-state index contributed by atoms with van der Waals surface area (Å²) in [5, 5.41) is 12.0. The van der Waals surface area contributed by atoms with E-state index < -0.39 is 16.0 Å². The number of carbonyl (C=O) groups excluding carboxylic acids is 1. The van der Waals surface area contributed by atoms with Crippen molar-refractivity contribution in [3.63, 3.8) is 0 Å². The van der Waals surface area contributed by atoms with Gasteiger partial charge in [0.2, 0.25) is 15.9 Å². The van der Waals surface area contributed by atoms with Gasteiger partial charge in [-0.2, -0.15) is 0 Å². The zero-order valence-corrected chi connectivity index (χ0v) is 15.8. The molecule has 0 aromatic rings. The van der Waals surface area contributed by atoms with Crippen LogP contribution in [0.25, 0.3) is 0 Å². The van der Waals surface area contributed by atoms with E-state index in [1.165, 1.54) is 4.31 Å². The minimum Gasteiger partial charge on any atom is -0.481 e. The molecule has 2 N–H and O–H groups in total. The maximum atomic E-state index is 12.4. The molecule has 0 aromatic carbocycles. The highest BCUT2D eigenvalue weighted by molar-refractivity contribution is 7.89. The van der Waals surface area contributed by atoms with E-state index in [0.29, 0.717) is 58.0 Å². The van der Waals surface area contributed by atoms with Gasteiger partial charge in [-0.25, -0.2) is 12.7 Å². The van der Waals surface area contributed by atoms with Crippen molar-refractivity contribution in [3.8, 4) is 0 Å². The number of carboxylic acid groups (broad SMARTS) is 1. The van der Waals surface area contributed by atoms with Gasteiger partial charge in [0.1, 0.15) is 0 Å². The number of carbonyl (C=O) groups is 2. The summed E-state index contributed by atoms with van der Waals surface area (Å²) in [6.07, 6.45) is 5.25. The molecule has 0 radical (unpaired) electrons. The third kappa shape index (κ3) is 5.67. The topological polar surface area (TPSA) is 104 Å². The van der Waals surface area contributed by atoms with Crippen LogP contribution in [0.5, 0.6) is 0 Å². The van der Waals surface area contributed by atoms with Crippen molar-refractivity contribution in [3.05, 3.63) is 0 Å². The van der Waals surface area contributed by atoms with E-state index in [4.69, 9.17) is 5.11 Å². The Labute approximate surface area is 150 Å². The van der Waals surface area contributed by atoms with E-state index in [1.54, 1.807) is 0 Å². The van der Waals surface area contributed by atoms with Gasteiger partial charge in [0.15, 0.2) is 0 Å². The van der Waals surface area contributed by atoms with Gasteiger partial charge in [-0.1, -0.05) is 13.3 Å². The highest BCUT2D eigenvalue weighted by Gasteiger charge is 2.32. The zero-order valence-electron chi connectivity index (χ0n) is 14.9. The molecule has 1 heterocycles. The minimum atomic E-state index is -3.19. The van der Waals surface area contributed by atoms with Crippen LogP contribution in [-0.4, -0.2) is 54.6 Å². The Morgan fingerprint density at radius 2 is 1.64 bits per heavy atom. The first kappa shape index (κ1) is 20.2. The lowest BCUT2D eigenvalue weighted by molar-refractivity contribution is -0.142. The van der Waals surface area contributed by atoms with E-state index in [0.717, 1.165) is 6.42 Å². The fourth-order valence-electron chi connectivity index (χ4n) is 3.66. The molecule has 1 saturated heterocycles. The van der Waals surface area contributed by atoms with Crippen LogP contribution in [0.2, 0.25) is 0 Å². The predicted molar refractivity (Wildman–Crippen MR) is 94.5 cm³/mol. The lowest BCUT2D eigenvalue weighted by atomic mass is 9.85. The standard InChI is InChI=1S/C17H30N2O5S/c1-2-3-12-25(23,24)19-10-8-13(9-11-19)16(20)18-15-6-4-14(5-7-15)17(21)22/h13-15H,2-12H2,1H3,(H,18,20)(H,21,22). The van der Waals surface area contributed by atoms with Gasteiger partial charge < -0.3 is 10.4 Å². The van der Waals surface area contributed by atoms with Crippen LogP contribution < -0.4 is 5.32 Å². The number of hydrogen-bond acceptors (Lipinski definition) is 4. The Bertz CT molecular complexity index is 562. The summed E-state index contributed by atoms with van der Waals surface area (Å²) >= 11 is 0. The largest absolute Gasteiger partial charge is 0.481 e. The Morgan fingerprint density at radius 1 is 1.04 bits per heavy atom. The second kappa shape index (κ2) is 8.98. The number of rotatable bonds is 7. The first-order valence-corrected chi connectivity index (χ1v) is 11.0. The molecular weight excluding hydrogens is 344 g/mol. The van der Waals surface area contributed by atoms with Crippen LogP contribution in [0.1, 0.15) is 58.3 Å². The van der Waals surface area contributed by atoms with Crippen LogP contribution in [-0.2, 0) is 19.6 Å². The molecule has 0 atom stereocenters. The maximum Gasteiger partial charge on any atom is 0.306 e. The van der Waals surface area contributed by atoms with Crippen molar-refractivity contribution in [2.24, 2.45) is 11.8 Å². The summed E-state index contributed by atoms with van der Waals surface area (Å²) in [5.74, 6) is -1.00. The SMILES string of the molecule is CCCCS(=O)(=O)N1CCC(C(=O)NC2CCC(C(=O)O)CC2)CC1. The highest BCUT2D eigenvalue weighted by Crippen LogP contribution is 2.26. The Hall–Kier alpha value is -1.15. The van der Waals surface area contributed by atoms with Crippen molar-refractivity contribution in [2.45, 2.75) is 64.3 Å². The van der Waals surface area contributed by atoms with Crippen molar-refractivity contribution < 1.29 is 23.1 Å². The lowest BCUT2D eigenvalue weighted by Gasteiger charge is -2.32. The quantitative estimate of drug-likeness (QED) is 0.704. The molecule has 1 saturated carbocycles. The number of amides is 1. The molecule has 1 aliphatic heterocycles. The third-order valence-corrected chi connectivity index (χ3v) is 7.35. The lowest BCUT2D eigenvalue weighted by Crippen LogP contribution is -2.46. The van der Waals surface area contributed by atoms with Crippen LogP contribution in [0.4, 0.5) is 0 Å². The number of nitrogens with one attached hydrogen (secondary N) is 1. The molecule has 144 valence electrons. The number of unbranched alkanes of at least 4 members (excludes halogenated alkanes) is 1. The normalized spacial score (nSPS) is 26.3. The number of aliphatic carboxylic acids is 1. The second-order valence-electron chi connectivity index (χ2n) is 7.24. The Morgan fingerprint density at radius 3 is 2.16 bits per heavy atom. The molecular formula is C17H30N2O5S. The van der Waals surface area contributed by atoms with Crippen molar-refractivity contribution in [1.29, 1.82) is 0 Å². The molecule has 2 rings (SSSR count). The summed E-state index contributed by atoms with van der Waals surface area (Å²) in [7, 11) is -3.19. The molecule has 1 amide bonds. The Kier molecular flexibility index (Phi) is 7.25. The van der Waals surface area contributed by atoms with Crippen LogP contribution in [0.15, 0.2) is 0 Å². The highest BCUT2D eigenvalue weighted by atomic mass is 32.2. The van der Waals surface area contributed by atoms with Gasteiger partial charge in [-0.3, -0.25) is 9.59 Å². The molecule has 0 bridgehead atoms. The average molecular weight is 375 g/mol. The summed E-state index contributed by atoms with van der Waals surface area (Å²) in [6, 6.07) is 0.0504. The van der Waals surface area contributed by atoms with E-state index >= 15 is 0 Å². The average Bonchev–Trinajstić information content (AvgIpc) is 2.60. The summed E-state index contributed by atoms with van der Waals surface area (Å²) < 4.78 is 25.9. The summed E-state index contributed by atoms with van der Waals surface area (Å²) in [5.41, 5.74) is 0. The zero-order chi connectivity index (χ0) is 18.4. The molecule has 7 nitrogen and oxygen atoms in total. The molecule has 8 heteroatoms. The van der Waals surface area contributed by atoms with E-state index in [2.05, 4.69) is 5.32 Å². The fourth-order valence-corrected chi connectivity index (χ4v) is 5.33. The van der Waals surface area contributed by atoms with Crippen molar-refractivity contribution in [2.75, 3.05) is 18.8 Å². The first-order valence-electron chi connectivity index (χ1n) is 9.34. The van der Waals surface area contributed by atoms with Gasteiger partial charge in [-0.15, -0.1) is 0 Å². The Balaban J connectivity index is 1.75. The monoisotopic (exact) mass is 374 g/mol. The number of nitrogens with zero attached hydrogens (tertiary/aromatic N) is 1. The summed E-state index contributed by atoms with van der Waals surface area (Å²) in [6.45, 7) is 2.79. The molecule has 25 heavy (non-hydrogen) atoms. The minimum absolute atomic E-state index is 0.00983. The molecule has 1 aliphatic carbocycles. The molecule has 2 aliphatic rings. The van der Waals surface area contributed by atoms with E-state index in [9.17, 15) is 18.0 Å². The second-order valence-corrected chi connectivity index (χ2v) is 9.33. The van der Waals surface area contributed by atoms with Crippen LogP contribution >= 0.6 is 0 Å².